The summed E-state index contributed by atoms with van der Waals surface area (Å²) in [7, 11) is 0. The van der Waals surface area contributed by atoms with Gasteiger partial charge in [-0.3, -0.25) is 4.79 Å². The number of nitrogens with one attached hydrogen (secondary N) is 2. The minimum absolute atomic E-state index is 0.139. The third-order valence-corrected chi connectivity index (χ3v) is 2.30. The van der Waals surface area contributed by atoms with E-state index in [1.54, 1.807) is 6.92 Å². The van der Waals surface area contributed by atoms with Gasteiger partial charge in [-0.15, -0.1) is 0 Å². The Bertz CT molecular complexity index is 396. The maximum Gasteiger partial charge on any atom is 0.252 e. The van der Waals surface area contributed by atoms with Gasteiger partial charge in [-0.1, -0.05) is 0 Å². The standard InChI is InChI=1S/C10H15N3O2/c1-6(14)5-11-8-4-9(15)13-10(12-8)7-2-3-7/h4,6-7,14H,2-3,5H2,1H3,(H2,11,12,13,15). The highest BCUT2D eigenvalue weighted by Gasteiger charge is 2.26. The molecule has 5 nitrogen and oxygen atoms in total. The van der Waals surface area contributed by atoms with Crippen molar-refractivity contribution in [2.24, 2.45) is 0 Å². The summed E-state index contributed by atoms with van der Waals surface area (Å²) in [6.45, 7) is 2.09. The second-order valence-corrected chi connectivity index (χ2v) is 4.02. The Labute approximate surface area is 87.6 Å². The fourth-order valence-electron chi connectivity index (χ4n) is 1.37. The zero-order valence-electron chi connectivity index (χ0n) is 8.66. The van der Waals surface area contributed by atoms with Crippen molar-refractivity contribution in [3.05, 3.63) is 22.2 Å². The number of aromatic nitrogens is 2. The van der Waals surface area contributed by atoms with Crippen molar-refractivity contribution < 1.29 is 5.11 Å². The number of aliphatic hydroxyl groups is 1. The summed E-state index contributed by atoms with van der Waals surface area (Å²) in [6, 6.07) is 1.41. The smallest absolute Gasteiger partial charge is 0.252 e. The lowest BCUT2D eigenvalue weighted by Gasteiger charge is -2.08. The summed E-state index contributed by atoms with van der Waals surface area (Å²) < 4.78 is 0. The van der Waals surface area contributed by atoms with Gasteiger partial charge >= 0.3 is 0 Å². The van der Waals surface area contributed by atoms with E-state index in [9.17, 15) is 4.79 Å². The number of H-pyrrole nitrogens is 1. The molecule has 5 heteroatoms. The van der Waals surface area contributed by atoms with Gasteiger partial charge < -0.3 is 15.4 Å². The van der Waals surface area contributed by atoms with E-state index in [0.717, 1.165) is 18.7 Å². The molecule has 0 saturated heterocycles. The van der Waals surface area contributed by atoms with Crippen molar-refractivity contribution in [3.8, 4) is 0 Å². The highest BCUT2D eigenvalue weighted by molar-refractivity contribution is 5.34. The Morgan fingerprint density at radius 3 is 3.07 bits per heavy atom. The van der Waals surface area contributed by atoms with Crippen LogP contribution in [0.5, 0.6) is 0 Å². The van der Waals surface area contributed by atoms with Crippen molar-refractivity contribution in [2.75, 3.05) is 11.9 Å². The van der Waals surface area contributed by atoms with Crippen LogP contribution in [0.3, 0.4) is 0 Å². The fourth-order valence-corrected chi connectivity index (χ4v) is 1.37. The lowest BCUT2D eigenvalue weighted by molar-refractivity contribution is 0.208. The van der Waals surface area contributed by atoms with Crippen molar-refractivity contribution in [1.82, 2.24) is 9.97 Å². The van der Waals surface area contributed by atoms with Crippen molar-refractivity contribution in [3.63, 3.8) is 0 Å². The van der Waals surface area contributed by atoms with E-state index in [1.165, 1.54) is 6.07 Å². The summed E-state index contributed by atoms with van der Waals surface area (Å²) in [5, 5.41) is 12.0. The molecule has 1 aliphatic carbocycles. The zero-order chi connectivity index (χ0) is 10.8. The predicted octanol–water partition coefficient (Wildman–Crippen LogP) is 0.440. The summed E-state index contributed by atoms with van der Waals surface area (Å²) in [5.41, 5.74) is -0.139. The lowest BCUT2D eigenvalue weighted by atomic mass is 10.3. The first-order valence-corrected chi connectivity index (χ1v) is 5.18. The van der Waals surface area contributed by atoms with Gasteiger partial charge in [0.25, 0.3) is 5.56 Å². The van der Waals surface area contributed by atoms with Crippen LogP contribution in [0.15, 0.2) is 10.9 Å². The van der Waals surface area contributed by atoms with Crippen LogP contribution in [-0.4, -0.2) is 27.7 Å². The molecule has 0 aromatic carbocycles. The Kier molecular flexibility index (Phi) is 2.73. The van der Waals surface area contributed by atoms with Gasteiger partial charge in [-0.25, -0.2) is 4.98 Å². The molecule has 0 radical (unpaired) electrons. The lowest BCUT2D eigenvalue weighted by Crippen LogP contribution is -2.19. The molecule has 0 aliphatic heterocycles. The van der Waals surface area contributed by atoms with Crippen LogP contribution in [0.2, 0.25) is 0 Å². The normalized spacial score (nSPS) is 17.5. The molecular weight excluding hydrogens is 194 g/mol. The number of rotatable bonds is 4. The van der Waals surface area contributed by atoms with Crippen LogP contribution in [0.1, 0.15) is 31.5 Å². The van der Waals surface area contributed by atoms with Crippen molar-refractivity contribution in [1.29, 1.82) is 0 Å². The Hall–Kier alpha value is -1.36. The Morgan fingerprint density at radius 1 is 1.73 bits per heavy atom. The van der Waals surface area contributed by atoms with Gasteiger partial charge in [0.2, 0.25) is 0 Å². The monoisotopic (exact) mass is 209 g/mol. The first-order valence-electron chi connectivity index (χ1n) is 5.18. The van der Waals surface area contributed by atoms with E-state index in [2.05, 4.69) is 15.3 Å². The molecule has 2 rings (SSSR count). The van der Waals surface area contributed by atoms with E-state index in [1.807, 2.05) is 0 Å². The number of hydrogen-bond donors (Lipinski definition) is 3. The van der Waals surface area contributed by atoms with E-state index in [-0.39, 0.29) is 5.56 Å². The van der Waals surface area contributed by atoms with Gasteiger partial charge in [0.1, 0.15) is 11.6 Å². The second kappa shape index (κ2) is 4.02. The molecule has 1 heterocycles. The Morgan fingerprint density at radius 2 is 2.47 bits per heavy atom. The molecule has 82 valence electrons. The molecule has 3 N–H and O–H groups in total. The third-order valence-electron chi connectivity index (χ3n) is 2.30. The number of hydrogen-bond acceptors (Lipinski definition) is 4. The first-order chi connectivity index (χ1) is 7.15. The summed E-state index contributed by atoms with van der Waals surface area (Å²) in [4.78, 5) is 18.3. The van der Waals surface area contributed by atoms with Gasteiger partial charge in [0, 0.05) is 18.5 Å². The van der Waals surface area contributed by atoms with Crippen LogP contribution in [0.4, 0.5) is 5.82 Å². The molecule has 1 unspecified atom stereocenters. The van der Waals surface area contributed by atoms with Crippen LogP contribution >= 0.6 is 0 Å². The molecule has 1 aromatic heterocycles. The van der Waals surface area contributed by atoms with E-state index in [0.29, 0.717) is 18.3 Å². The van der Waals surface area contributed by atoms with Crippen molar-refractivity contribution >= 4 is 5.82 Å². The second-order valence-electron chi connectivity index (χ2n) is 4.02. The first kappa shape index (κ1) is 10.2. The topological polar surface area (TPSA) is 78.0 Å². The molecule has 1 aromatic rings. The third kappa shape index (κ3) is 2.79. The summed E-state index contributed by atoms with van der Waals surface area (Å²) in [5.74, 6) is 1.73. The van der Waals surface area contributed by atoms with E-state index < -0.39 is 6.10 Å². The molecule has 1 atom stereocenters. The minimum atomic E-state index is -0.449. The van der Waals surface area contributed by atoms with Crippen LogP contribution in [0, 0.1) is 0 Å². The van der Waals surface area contributed by atoms with Crippen LogP contribution < -0.4 is 10.9 Å². The van der Waals surface area contributed by atoms with E-state index >= 15 is 0 Å². The molecule has 0 bridgehead atoms. The number of aliphatic hydroxyl groups excluding tert-OH is 1. The highest BCUT2D eigenvalue weighted by Crippen LogP contribution is 2.37. The molecule has 0 amide bonds. The maximum atomic E-state index is 11.3. The highest BCUT2D eigenvalue weighted by atomic mass is 16.3. The Balaban J connectivity index is 2.12. The molecular formula is C10H15N3O2. The fraction of sp³-hybridized carbons (Fsp3) is 0.600. The largest absolute Gasteiger partial charge is 0.392 e. The minimum Gasteiger partial charge on any atom is -0.392 e. The molecule has 1 fully saturated rings. The summed E-state index contributed by atoms with van der Waals surface area (Å²) >= 11 is 0. The van der Waals surface area contributed by atoms with Crippen molar-refractivity contribution in [2.45, 2.75) is 31.8 Å². The van der Waals surface area contributed by atoms with Gasteiger partial charge in [-0.2, -0.15) is 0 Å². The average Bonchev–Trinajstić information content (AvgIpc) is 2.97. The molecule has 0 spiro atoms. The SMILES string of the molecule is CC(O)CNc1cc(=O)[nH]c(C2CC2)n1. The average molecular weight is 209 g/mol. The predicted molar refractivity (Wildman–Crippen MR) is 57.0 cm³/mol. The number of nitrogens with zero attached hydrogens (tertiary/aromatic N) is 1. The number of aromatic amines is 1. The van der Waals surface area contributed by atoms with Gasteiger partial charge in [0.05, 0.1) is 6.10 Å². The molecule has 1 saturated carbocycles. The number of anilines is 1. The molecule has 15 heavy (non-hydrogen) atoms. The van der Waals surface area contributed by atoms with Crippen LogP contribution in [-0.2, 0) is 0 Å². The van der Waals surface area contributed by atoms with Gasteiger partial charge in [-0.05, 0) is 19.8 Å². The quantitative estimate of drug-likeness (QED) is 0.672. The molecule has 1 aliphatic rings. The maximum absolute atomic E-state index is 11.3. The zero-order valence-corrected chi connectivity index (χ0v) is 8.66. The van der Waals surface area contributed by atoms with Crippen LogP contribution in [0.25, 0.3) is 0 Å². The summed E-state index contributed by atoms with van der Waals surface area (Å²) in [6.07, 6.45) is 1.75. The van der Waals surface area contributed by atoms with E-state index in [4.69, 9.17) is 5.11 Å². The van der Waals surface area contributed by atoms with Gasteiger partial charge in [0.15, 0.2) is 0 Å².